The molecule has 0 fully saturated rings. The van der Waals surface area contributed by atoms with Gasteiger partial charge in [-0.3, -0.25) is 4.90 Å². The first-order valence-corrected chi connectivity index (χ1v) is 7.92. The zero-order chi connectivity index (χ0) is 15.6. The summed E-state index contributed by atoms with van der Waals surface area (Å²) in [7, 11) is 0. The minimum absolute atomic E-state index is 0.811. The lowest BCUT2D eigenvalue weighted by Crippen LogP contribution is -2.32. The number of para-hydroxylation sites is 3. The van der Waals surface area contributed by atoms with Gasteiger partial charge in [-0.1, -0.05) is 48.5 Å². The summed E-state index contributed by atoms with van der Waals surface area (Å²) in [4.78, 5) is 2.39. The number of fused-ring (bicyclic) bond motifs is 1. The van der Waals surface area contributed by atoms with Crippen molar-refractivity contribution >= 4 is 23.3 Å². The molecule has 4 rings (SSSR count). The van der Waals surface area contributed by atoms with Gasteiger partial charge < -0.3 is 0 Å². The Morgan fingerprint density at radius 2 is 1.48 bits per heavy atom. The smallest absolute Gasteiger partial charge is 0.228 e. The molecule has 0 unspecified atom stereocenters. The molecule has 1 heterocycles. The maximum Gasteiger partial charge on any atom is 0.228 e. The van der Waals surface area contributed by atoms with Crippen LogP contribution in [0.15, 0.2) is 78.9 Å². The number of rotatable bonds is 2. The van der Waals surface area contributed by atoms with E-state index in [0.29, 0.717) is 0 Å². The zero-order valence-electron chi connectivity index (χ0n) is 13.2. The molecule has 0 amide bonds. The van der Waals surface area contributed by atoms with Crippen LogP contribution in [0, 0.1) is 6.92 Å². The molecule has 1 aliphatic rings. The normalized spacial score (nSPS) is 13.4. The lowest BCUT2D eigenvalue weighted by molar-refractivity contribution is -0.434. The first kappa shape index (κ1) is 13.8. The van der Waals surface area contributed by atoms with Crippen LogP contribution in [0.1, 0.15) is 11.1 Å². The van der Waals surface area contributed by atoms with Crippen LogP contribution in [0.3, 0.4) is 0 Å². The third kappa shape index (κ3) is 2.53. The van der Waals surface area contributed by atoms with Crippen molar-refractivity contribution in [1.29, 1.82) is 0 Å². The molecule has 112 valence electrons. The van der Waals surface area contributed by atoms with Gasteiger partial charge in [-0.25, -0.2) is 0 Å². The fourth-order valence-corrected chi connectivity index (χ4v) is 3.18. The van der Waals surface area contributed by atoms with Crippen LogP contribution in [0.25, 0.3) is 0 Å². The van der Waals surface area contributed by atoms with E-state index in [2.05, 4.69) is 101 Å². The molecule has 0 atom stereocenters. The van der Waals surface area contributed by atoms with Crippen molar-refractivity contribution in [2.45, 2.75) is 6.92 Å². The van der Waals surface area contributed by atoms with E-state index in [1.54, 1.807) is 0 Å². The van der Waals surface area contributed by atoms with Crippen molar-refractivity contribution in [3.63, 3.8) is 0 Å². The molecule has 0 radical (unpaired) electrons. The molecule has 0 aliphatic carbocycles. The molecule has 0 saturated heterocycles. The quantitative estimate of drug-likeness (QED) is 0.612. The minimum Gasteiger partial charge on any atom is -0.285 e. The van der Waals surface area contributed by atoms with Crippen molar-refractivity contribution in [3.05, 3.63) is 90.0 Å². The molecule has 0 saturated carbocycles. The van der Waals surface area contributed by atoms with E-state index >= 15 is 0 Å². The van der Waals surface area contributed by atoms with E-state index in [0.717, 1.165) is 6.67 Å². The van der Waals surface area contributed by atoms with E-state index < -0.39 is 0 Å². The van der Waals surface area contributed by atoms with Gasteiger partial charge >= 0.3 is 0 Å². The van der Waals surface area contributed by atoms with Gasteiger partial charge in [0.05, 0.1) is 11.3 Å². The summed E-state index contributed by atoms with van der Waals surface area (Å²) < 4.78 is 2.30. The Morgan fingerprint density at radius 1 is 0.783 bits per heavy atom. The predicted molar refractivity (Wildman–Crippen MR) is 96.2 cm³/mol. The maximum absolute atomic E-state index is 2.39. The molecule has 3 aromatic rings. The fourth-order valence-electron chi connectivity index (χ4n) is 3.18. The molecule has 0 N–H and O–H groups in total. The standard InChI is InChI=1S/C21H19N2/c1-17-9-8-10-18-15-22(19-11-4-2-5-12-19)16-23(21(17)18)20-13-6-3-7-14-20/h2-15H,16H2,1H3/q+1. The molecule has 3 aromatic carbocycles. The van der Waals surface area contributed by atoms with Gasteiger partial charge in [0, 0.05) is 17.8 Å². The lowest BCUT2D eigenvalue weighted by Gasteiger charge is -2.28. The van der Waals surface area contributed by atoms with Gasteiger partial charge in [0.1, 0.15) is 0 Å². The Balaban J connectivity index is 1.88. The Bertz CT molecular complexity index is 852. The molecule has 0 spiro atoms. The number of nitrogens with zero attached hydrogens (tertiary/aromatic N) is 2. The maximum atomic E-state index is 2.39. The summed E-state index contributed by atoms with van der Waals surface area (Å²) in [5.74, 6) is 0. The second kappa shape index (κ2) is 5.73. The van der Waals surface area contributed by atoms with Gasteiger partial charge in [-0.05, 0) is 30.7 Å². The molecular formula is C21H19N2+. The lowest BCUT2D eigenvalue weighted by atomic mass is 10.0. The largest absolute Gasteiger partial charge is 0.285 e. The Hall–Kier alpha value is -2.87. The van der Waals surface area contributed by atoms with Crippen LogP contribution < -0.4 is 4.90 Å². The fraction of sp³-hybridized carbons (Fsp3) is 0.0952. The van der Waals surface area contributed by atoms with Gasteiger partial charge in [0.2, 0.25) is 12.4 Å². The molecule has 1 aliphatic heterocycles. The van der Waals surface area contributed by atoms with E-state index in [1.165, 1.54) is 28.2 Å². The van der Waals surface area contributed by atoms with Crippen LogP contribution in [-0.2, 0) is 0 Å². The highest BCUT2D eigenvalue weighted by molar-refractivity contribution is 5.90. The first-order chi connectivity index (χ1) is 11.3. The van der Waals surface area contributed by atoms with Crippen molar-refractivity contribution in [3.8, 4) is 0 Å². The summed E-state index contributed by atoms with van der Waals surface area (Å²) in [6.45, 7) is 2.99. The van der Waals surface area contributed by atoms with Crippen LogP contribution in [0.4, 0.5) is 17.1 Å². The first-order valence-electron chi connectivity index (χ1n) is 7.92. The summed E-state index contributed by atoms with van der Waals surface area (Å²) in [6, 6.07) is 27.6. The number of benzene rings is 3. The van der Waals surface area contributed by atoms with Crippen molar-refractivity contribution in [1.82, 2.24) is 0 Å². The van der Waals surface area contributed by atoms with Crippen LogP contribution in [-0.4, -0.2) is 17.5 Å². The van der Waals surface area contributed by atoms with E-state index in [-0.39, 0.29) is 0 Å². The second-order valence-electron chi connectivity index (χ2n) is 5.85. The average molecular weight is 299 g/mol. The van der Waals surface area contributed by atoms with Crippen molar-refractivity contribution < 1.29 is 4.58 Å². The third-order valence-corrected chi connectivity index (χ3v) is 4.28. The topological polar surface area (TPSA) is 6.25 Å². The minimum atomic E-state index is 0.811. The van der Waals surface area contributed by atoms with Crippen LogP contribution in [0.2, 0.25) is 0 Å². The van der Waals surface area contributed by atoms with Crippen molar-refractivity contribution in [2.24, 2.45) is 0 Å². The summed E-state index contributed by atoms with van der Waals surface area (Å²) in [6.07, 6.45) is 2.25. The Labute approximate surface area is 136 Å². The van der Waals surface area contributed by atoms with Gasteiger partial charge in [-0.15, -0.1) is 0 Å². The number of hydrogen-bond donors (Lipinski definition) is 0. The number of aryl methyl sites for hydroxylation is 1. The van der Waals surface area contributed by atoms with Crippen molar-refractivity contribution in [2.75, 3.05) is 11.6 Å². The third-order valence-electron chi connectivity index (χ3n) is 4.28. The van der Waals surface area contributed by atoms with Crippen LogP contribution in [0.5, 0.6) is 0 Å². The summed E-state index contributed by atoms with van der Waals surface area (Å²) in [5, 5.41) is 0. The summed E-state index contributed by atoms with van der Waals surface area (Å²) >= 11 is 0. The molecular weight excluding hydrogens is 280 g/mol. The molecule has 2 heteroatoms. The highest BCUT2D eigenvalue weighted by Crippen LogP contribution is 2.34. The van der Waals surface area contributed by atoms with Gasteiger partial charge in [0.15, 0.2) is 6.21 Å². The monoisotopic (exact) mass is 299 g/mol. The van der Waals surface area contributed by atoms with E-state index in [1.807, 2.05) is 0 Å². The Kier molecular flexibility index (Phi) is 3.43. The highest BCUT2D eigenvalue weighted by Gasteiger charge is 2.26. The predicted octanol–water partition coefficient (Wildman–Crippen LogP) is 4.87. The molecule has 23 heavy (non-hydrogen) atoms. The number of anilines is 2. The molecule has 2 nitrogen and oxygen atoms in total. The molecule has 0 bridgehead atoms. The van der Waals surface area contributed by atoms with E-state index in [9.17, 15) is 0 Å². The second-order valence-corrected chi connectivity index (χ2v) is 5.85. The SMILES string of the molecule is Cc1cccc2c1N(c1ccccc1)C[N+](c1ccccc1)=C2. The summed E-state index contributed by atoms with van der Waals surface area (Å²) in [5.41, 5.74) is 6.28. The Morgan fingerprint density at radius 3 is 2.22 bits per heavy atom. The zero-order valence-corrected chi connectivity index (χ0v) is 13.2. The highest BCUT2D eigenvalue weighted by atomic mass is 15.3. The van der Waals surface area contributed by atoms with Gasteiger partial charge in [0.25, 0.3) is 0 Å². The van der Waals surface area contributed by atoms with Crippen LogP contribution >= 0.6 is 0 Å². The number of hydrogen-bond acceptors (Lipinski definition) is 1. The van der Waals surface area contributed by atoms with Gasteiger partial charge in [-0.2, -0.15) is 4.58 Å². The molecule has 0 aromatic heterocycles. The van der Waals surface area contributed by atoms with E-state index in [4.69, 9.17) is 0 Å². The average Bonchev–Trinajstić information content (AvgIpc) is 2.62.